The number of H-pyrrole nitrogens is 1. The Kier molecular flexibility index (Phi) is 4.77. The Morgan fingerprint density at radius 1 is 1.14 bits per heavy atom. The van der Waals surface area contributed by atoms with Crippen LogP contribution in [0.15, 0.2) is 41.3 Å². The van der Waals surface area contributed by atoms with Crippen molar-refractivity contribution in [1.29, 1.82) is 0 Å². The summed E-state index contributed by atoms with van der Waals surface area (Å²) < 4.78 is 25.3. The van der Waals surface area contributed by atoms with Crippen LogP contribution in [0.4, 0.5) is 5.13 Å². The zero-order valence-electron chi connectivity index (χ0n) is 14.5. The van der Waals surface area contributed by atoms with Gasteiger partial charge in [-0.15, -0.1) is 10.2 Å². The van der Waals surface area contributed by atoms with E-state index < -0.39 is 10.0 Å². The van der Waals surface area contributed by atoms with Crippen molar-refractivity contribution in [2.45, 2.75) is 4.90 Å². The summed E-state index contributed by atoms with van der Waals surface area (Å²) in [5.41, 5.74) is 7.87. The van der Waals surface area contributed by atoms with Crippen LogP contribution in [0.2, 0.25) is 0 Å². The molecule has 0 unspecified atom stereocenters. The van der Waals surface area contributed by atoms with Gasteiger partial charge in [-0.2, -0.15) is 5.21 Å². The highest BCUT2D eigenvalue weighted by atomic mass is 32.2. The summed E-state index contributed by atoms with van der Waals surface area (Å²) in [5.74, 6) is 0.133. The van der Waals surface area contributed by atoms with Crippen molar-refractivity contribution in [3.05, 3.63) is 36.4 Å². The van der Waals surface area contributed by atoms with E-state index in [2.05, 4.69) is 30.9 Å². The van der Waals surface area contributed by atoms with Gasteiger partial charge in [-0.3, -0.25) is 0 Å². The number of sulfonamides is 1. The average Bonchev–Trinajstić information content (AvgIpc) is 3.34. The number of hydrogen-bond donors (Lipinski definition) is 4. The number of hydrogen-bond acceptors (Lipinski definition) is 9. The summed E-state index contributed by atoms with van der Waals surface area (Å²) in [6, 6.07) is 10.5. The summed E-state index contributed by atoms with van der Waals surface area (Å²) in [5, 5.41) is 23.2. The first-order valence-corrected chi connectivity index (χ1v) is 10.6. The van der Waals surface area contributed by atoms with Gasteiger partial charge >= 0.3 is 0 Å². The van der Waals surface area contributed by atoms with E-state index in [1.165, 1.54) is 17.4 Å². The Morgan fingerprint density at radius 2 is 1.93 bits per heavy atom. The third-order valence-corrected chi connectivity index (χ3v) is 5.96. The normalized spacial score (nSPS) is 11.8. The molecule has 2 heterocycles. The predicted octanol–water partition coefficient (Wildman–Crippen LogP) is 1.16. The van der Waals surface area contributed by atoms with Gasteiger partial charge in [0.1, 0.15) is 0 Å². The number of tetrazole rings is 1. The number of nitrogens with one attached hydrogen (secondary N) is 2. The number of para-hydroxylation sites is 1. The van der Waals surface area contributed by atoms with Gasteiger partial charge in [-0.1, -0.05) is 35.6 Å². The van der Waals surface area contributed by atoms with Gasteiger partial charge in [0.15, 0.2) is 5.13 Å². The molecule has 0 atom stereocenters. The fourth-order valence-corrected chi connectivity index (χ4v) is 4.58. The van der Waals surface area contributed by atoms with Crippen molar-refractivity contribution < 1.29 is 8.42 Å². The number of aromatic amines is 1. The Hall–Kier alpha value is -2.93. The minimum atomic E-state index is -4.02. The van der Waals surface area contributed by atoms with Crippen LogP contribution in [0.1, 0.15) is 0 Å². The fourth-order valence-electron chi connectivity index (χ4n) is 2.91. The molecule has 10 nitrogen and oxygen atoms in total. The summed E-state index contributed by atoms with van der Waals surface area (Å²) in [6.45, 7) is 1.09. The van der Waals surface area contributed by atoms with Crippen molar-refractivity contribution in [3.8, 4) is 22.5 Å². The zero-order chi connectivity index (χ0) is 19.7. The Balaban J connectivity index is 1.99. The maximum atomic E-state index is 12.2. The highest BCUT2D eigenvalue weighted by Crippen LogP contribution is 2.39. The fraction of sp³-hybridized carbons (Fsp3) is 0.125. The number of thiazole rings is 1. The lowest BCUT2D eigenvalue weighted by Crippen LogP contribution is -2.14. The monoisotopic (exact) mass is 416 g/mol. The predicted molar refractivity (Wildman–Crippen MR) is 107 cm³/mol. The molecule has 4 rings (SSSR count). The molecular formula is C16H16N8O2S2. The van der Waals surface area contributed by atoms with Gasteiger partial charge in [-0.05, 0) is 22.9 Å². The topological polar surface area (TPSA) is 166 Å². The molecule has 4 aromatic rings. The lowest BCUT2D eigenvalue weighted by molar-refractivity contribution is 0.598. The third kappa shape index (κ3) is 3.33. The third-order valence-electron chi connectivity index (χ3n) is 4.03. The average molecular weight is 416 g/mol. The van der Waals surface area contributed by atoms with Crippen molar-refractivity contribution in [2.24, 2.45) is 10.9 Å². The molecule has 0 fully saturated rings. The van der Waals surface area contributed by atoms with Crippen LogP contribution in [-0.2, 0) is 10.0 Å². The first-order chi connectivity index (χ1) is 13.5. The van der Waals surface area contributed by atoms with Crippen LogP contribution in [-0.4, -0.2) is 47.1 Å². The number of fused-ring (bicyclic) bond motifs is 1. The molecule has 0 aliphatic rings. The van der Waals surface area contributed by atoms with Crippen LogP contribution >= 0.6 is 11.3 Å². The van der Waals surface area contributed by atoms with E-state index in [4.69, 9.17) is 10.9 Å². The van der Waals surface area contributed by atoms with Gasteiger partial charge in [0.05, 0.1) is 20.7 Å². The number of anilines is 1. The van der Waals surface area contributed by atoms with E-state index in [0.29, 0.717) is 18.7 Å². The zero-order valence-corrected chi connectivity index (χ0v) is 16.1. The van der Waals surface area contributed by atoms with Gasteiger partial charge in [0, 0.05) is 18.7 Å². The molecule has 2 aromatic carbocycles. The first-order valence-electron chi connectivity index (χ1n) is 8.22. The van der Waals surface area contributed by atoms with E-state index in [-0.39, 0.29) is 16.3 Å². The van der Waals surface area contributed by atoms with Crippen LogP contribution in [0.3, 0.4) is 0 Å². The van der Waals surface area contributed by atoms with E-state index in [0.717, 1.165) is 20.9 Å². The molecule has 0 saturated carbocycles. The molecule has 12 heteroatoms. The molecule has 0 bridgehead atoms. The molecule has 144 valence electrons. The summed E-state index contributed by atoms with van der Waals surface area (Å²) in [7, 11) is -4.02. The number of nitrogens with two attached hydrogens (primary N) is 2. The minimum absolute atomic E-state index is 0.0832. The Labute approximate surface area is 164 Å². The van der Waals surface area contributed by atoms with Crippen molar-refractivity contribution in [3.63, 3.8) is 0 Å². The van der Waals surface area contributed by atoms with E-state index >= 15 is 0 Å². The molecule has 0 amide bonds. The molecule has 0 saturated heterocycles. The largest absolute Gasteiger partial charge is 0.360 e. The lowest BCUT2D eigenvalue weighted by Gasteiger charge is -2.11. The van der Waals surface area contributed by atoms with Gasteiger partial charge in [0.25, 0.3) is 0 Å². The van der Waals surface area contributed by atoms with E-state index in [1.807, 2.05) is 18.2 Å². The summed E-state index contributed by atoms with van der Waals surface area (Å²) >= 11 is 1.49. The lowest BCUT2D eigenvalue weighted by atomic mass is 9.98. The Bertz CT molecular complexity index is 1240. The number of rotatable bonds is 6. The molecule has 6 N–H and O–H groups in total. The molecule has 2 aromatic heterocycles. The van der Waals surface area contributed by atoms with Gasteiger partial charge in [0.2, 0.25) is 15.8 Å². The summed E-state index contributed by atoms with van der Waals surface area (Å²) in [4.78, 5) is 4.56. The molecular weight excluding hydrogens is 400 g/mol. The number of aromatic nitrogens is 5. The van der Waals surface area contributed by atoms with E-state index in [9.17, 15) is 8.42 Å². The number of primary sulfonamides is 1. The number of benzene rings is 2. The SMILES string of the molecule is NCCNc1nc2c(-c3cccc(S(N)(=O)=O)c3-c3nn[nH]n3)cccc2s1. The second-order valence-corrected chi connectivity index (χ2v) is 8.41. The molecule has 0 radical (unpaired) electrons. The quantitative estimate of drug-likeness (QED) is 0.363. The van der Waals surface area contributed by atoms with Gasteiger partial charge < -0.3 is 11.1 Å². The van der Waals surface area contributed by atoms with Crippen LogP contribution in [0, 0.1) is 0 Å². The first kappa shape index (κ1) is 18.4. The second kappa shape index (κ2) is 7.24. The van der Waals surface area contributed by atoms with Crippen molar-refractivity contribution in [1.82, 2.24) is 25.6 Å². The number of nitrogens with zero attached hydrogens (tertiary/aromatic N) is 4. The van der Waals surface area contributed by atoms with Crippen LogP contribution in [0.25, 0.3) is 32.7 Å². The summed E-state index contributed by atoms with van der Waals surface area (Å²) in [6.07, 6.45) is 0. The van der Waals surface area contributed by atoms with Crippen molar-refractivity contribution >= 4 is 36.7 Å². The molecule has 0 aliphatic carbocycles. The standard InChI is InChI=1S/C16H16N8O2S2/c17-7-8-19-16-20-14-10(4-1-5-11(14)27-16)9-3-2-6-12(28(18,25)26)13(9)15-21-23-24-22-15/h1-6H,7-8,17H2,(H,19,20)(H2,18,25,26)(H,21,22,23,24). The van der Waals surface area contributed by atoms with E-state index in [1.54, 1.807) is 12.1 Å². The minimum Gasteiger partial charge on any atom is -0.360 e. The van der Waals surface area contributed by atoms with Crippen LogP contribution < -0.4 is 16.2 Å². The highest BCUT2D eigenvalue weighted by Gasteiger charge is 2.23. The maximum Gasteiger partial charge on any atom is 0.238 e. The van der Waals surface area contributed by atoms with Gasteiger partial charge in [-0.25, -0.2) is 18.5 Å². The maximum absolute atomic E-state index is 12.2. The molecule has 0 spiro atoms. The molecule has 0 aliphatic heterocycles. The second-order valence-electron chi connectivity index (χ2n) is 5.85. The highest BCUT2D eigenvalue weighted by molar-refractivity contribution is 7.89. The van der Waals surface area contributed by atoms with Crippen LogP contribution in [0.5, 0.6) is 0 Å². The smallest absolute Gasteiger partial charge is 0.238 e. The Morgan fingerprint density at radius 3 is 2.64 bits per heavy atom. The van der Waals surface area contributed by atoms with Crippen molar-refractivity contribution in [2.75, 3.05) is 18.4 Å². The molecule has 28 heavy (non-hydrogen) atoms.